The molecule has 1 fully saturated rings. The zero-order chi connectivity index (χ0) is 19.7. The van der Waals surface area contributed by atoms with Gasteiger partial charge < -0.3 is 9.64 Å². The third kappa shape index (κ3) is 3.84. The summed E-state index contributed by atoms with van der Waals surface area (Å²) in [6, 6.07) is 5.10. The molecule has 11 heteroatoms. The molecular weight excluding hydrogens is 377 g/mol. The standard InChI is InChI=1S/C17H17F3N6O2/c18-17(19,20)28-13-5-3-12(4-6-13)26-15-14(22-23-26)16(27)25(11-21-15)10-9-24-7-1-2-8-24/h3-6,11H,1-2,7-10H2/p+1. The number of hydrogen-bond acceptors (Lipinski definition) is 5. The maximum atomic E-state index is 12.6. The van der Waals surface area contributed by atoms with Gasteiger partial charge in [-0.3, -0.25) is 9.36 Å². The van der Waals surface area contributed by atoms with Gasteiger partial charge in [0.1, 0.15) is 12.1 Å². The van der Waals surface area contributed by atoms with E-state index in [1.54, 1.807) is 0 Å². The first-order valence-corrected chi connectivity index (χ1v) is 8.91. The highest BCUT2D eigenvalue weighted by Crippen LogP contribution is 2.24. The summed E-state index contributed by atoms with van der Waals surface area (Å²) >= 11 is 0. The largest absolute Gasteiger partial charge is 0.573 e. The molecular formula is C17H18F3N6O2+. The SMILES string of the molecule is O=c1c2nnn(-c3ccc(OC(F)(F)F)cc3)c2ncn1CC[NH+]1CCCC1. The van der Waals surface area contributed by atoms with E-state index < -0.39 is 6.36 Å². The Bertz CT molecular complexity index is 1020. The molecule has 148 valence electrons. The molecule has 1 aliphatic rings. The Kier molecular flexibility index (Phi) is 4.75. The Morgan fingerprint density at radius 2 is 1.86 bits per heavy atom. The molecule has 0 aliphatic carbocycles. The number of hydrogen-bond donors (Lipinski definition) is 1. The van der Waals surface area contributed by atoms with Crippen molar-refractivity contribution < 1.29 is 22.8 Å². The van der Waals surface area contributed by atoms with Crippen LogP contribution in [0.25, 0.3) is 16.9 Å². The molecule has 1 aromatic carbocycles. The molecule has 3 heterocycles. The second-order valence-corrected chi connectivity index (χ2v) is 6.67. The first kappa shape index (κ1) is 18.4. The predicted molar refractivity (Wildman–Crippen MR) is 92.4 cm³/mol. The molecule has 0 spiro atoms. The maximum absolute atomic E-state index is 12.6. The summed E-state index contributed by atoms with van der Waals surface area (Å²) in [5.74, 6) is -0.347. The van der Waals surface area contributed by atoms with Crippen LogP contribution in [0.1, 0.15) is 12.8 Å². The van der Waals surface area contributed by atoms with E-state index in [9.17, 15) is 18.0 Å². The van der Waals surface area contributed by atoms with E-state index in [2.05, 4.69) is 20.0 Å². The van der Waals surface area contributed by atoms with E-state index in [1.165, 1.54) is 45.5 Å². The van der Waals surface area contributed by atoms with Crippen LogP contribution in [-0.4, -0.2) is 50.5 Å². The van der Waals surface area contributed by atoms with Crippen molar-refractivity contribution in [2.75, 3.05) is 19.6 Å². The van der Waals surface area contributed by atoms with Crippen molar-refractivity contribution in [3.63, 3.8) is 0 Å². The van der Waals surface area contributed by atoms with Crippen LogP contribution >= 0.6 is 0 Å². The van der Waals surface area contributed by atoms with Crippen molar-refractivity contribution in [3.05, 3.63) is 40.9 Å². The number of fused-ring (bicyclic) bond motifs is 1. The van der Waals surface area contributed by atoms with Gasteiger partial charge in [0, 0.05) is 12.8 Å². The molecule has 1 N–H and O–H groups in total. The molecule has 28 heavy (non-hydrogen) atoms. The summed E-state index contributed by atoms with van der Waals surface area (Å²) in [6.45, 7) is 3.64. The molecule has 0 radical (unpaired) electrons. The Hall–Kier alpha value is -2.95. The number of nitrogens with zero attached hydrogens (tertiary/aromatic N) is 5. The lowest BCUT2D eigenvalue weighted by Crippen LogP contribution is -3.10. The predicted octanol–water partition coefficient (Wildman–Crippen LogP) is 0.554. The van der Waals surface area contributed by atoms with Crippen molar-refractivity contribution in [3.8, 4) is 11.4 Å². The molecule has 4 rings (SSSR count). The second-order valence-electron chi connectivity index (χ2n) is 6.67. The molecule has 1 aliphatic heterocycles. The number of likely N-dealkylation sites (tertiary alicyclic amines) is 1. The number of alkyl halides is 3. The summed E-state index contributed by atoms with van der Waals surface area (Å²) in [5, 5.41) is 7.85. The summed E-state index contributed by atoms with van der Waals surface area (Å²) < 4.78 is 43.5. The zero-order valence-electron chi connectivity index (χ0n) is 14.8. The van der Waals surface area contributed by atoms with Gasteiger partial charge in [-0.05, 0) is 24.3 Å². The lowest BCUT2D eigenvalue weighted by Gasteiger charge is -2.12. The molecule has 0 unspecified atom stereocenters. The van der Waals surface area contributed by atoms with Crippen LogP contribution in [0.4, 0.5) is 13.2 Å². The molecule has 0 amide bonds. The van der Waals surface area contributed by atoms with Crippen LogP contribution in [-0.2, 0) is 6.54 Å². The van der Waals surface area contributed by atoms with Gasteiger partial charge in [-0.15, -0.1) is 18.3 Å². The van der Waals surface area contributed by atoms with E-state index in [-0.39, 0.29) is 22.5 Å². The number of nitrogens with one attached hydrogen (secondary N) is 1. The molecule has 0 saturated carbocycles. The van der Waals surface area contributed by atoms with Gasteiger partial charge in [0.25, 0.3) is 5.56 Å². The van der Waals surface area contributed by atoms with Crippen LogP contribution in [0, 0.1) is 0 Å². The average Bonchev–Trinajstić information content (AvgIpc) is 3.30. The smallest absolute Gasteiger partial charge is 0.406 e. The fourth-order valence-electron chi connectivity index (χ4n) is 3.37. The van der Waals surface area contributed by atoms with E-state index in [1.807, 2.05) is 0 Å². The molecule has 1 saturated heterocycles. The lowest BCUT2D eigenvalue weighted by atomic mass is 10.3. The highest BCUT2D eigenvalue weighted by atomic mass is 19.4. The van der Waals surface area contributed by atoms with Gasteiger partial charge in [0.2, 0.25) is 0 Å². The fraction of sp³-hybridized carbons (Fsp3) is 0.412. The molecule has 8 nitrogen and oxygen atoms in total. The Balaban J connectivity index is 1.57. The minimum absolute atomic E-state index is 0.120. The number of rotatable bonds is 5. The monoisotopic (exact) mass is 395 g/mol. The lowest BCUT2D eigenvalue weighted by molar-refractivity contribution is -0.888. The Morgan fingerprint density at radius 1 is 1.14 bits per heavy atom. The third-order valence-corrected chi connectivity index (χ3v) is 4.76. The van der Waals surface area contributed by atoms with Crippen molar-refractivity contribution in [1.82, 2.24) is 24.5 Å². The van der Waals surface area contributed by atoms with Crippen molar-refractivity contribution in [1.29, 1.82) is 0 Å². The fourth-order valence-corrected chi connectivity index (χ4v) is 3.37. The van der Waals surface area contributed by atoms with Crippen LogP contribution in [0.15, 0.2) is 35.4 Å². The normalized spacial score (nSPS) is 15.4. The quantitative estimate of drug-likeness (QED) is 0.683. The Labute approximate surface area is 157 Å². The summed E-state index contributed by atoms with van der Waals surface area (Å²) in [6.07, 6.45) is -0.878. The maximum Gasteiger partial charge on any atom is 0.573 e. The number of ether oxygens (including phenoxy) is 1. The van der Waals surface area contributed by atoms with Crippen LogP contribution in [0.5, 0.6) is 5.75 Å². The van der Waals surface area contributed by atoms with Crippen LogP contribution in [0.3, 0.4) is 0 Å². The summed E-state index contributed by atoms with van der Waals surface area (Å²) in [7, 11) is 0. The highest BCUT2D eigenvalue weighted by Gasteiger charge is 2.31. The molecule has 0 atom stereocenters. The Morgan fingerprint density at radius 3 is 2.54 bits per heavy atom. The van der Waals surface area contributed by atoms with Gasteiger partial charge in [-0.1, -0.05) is 5.21 Å². The summed E-state index contributed by atoms with van der Waals surface area (Å²) in [4.78, 5) is 18.4. The molecule has 3 aromatic rings. The number of halogens is 3. The minimum Gasteiger partial charge on any atom is -0.406 e. The highest BCUT2D eigenvalue weighted by molar-refractivity contribution is 5.70. The number of quaternary nitrogens is 1. The average molecular weight is 395 g/mol. The number of aromatic nitrogens is 5. The van der Waals surface area contributed by atoms with Crippen molar-refractivity contribution in [2.24, 2.45) is 0 Å². The topological polar surface area (TPSA) is 79.3 Å². The van der Waals surface area contributed by atoms with Gasteiger partial charge >= 0.3 is 6.36 Å². The van der Waals surface area contributed by atoms with Gasteiger partial charge in [0.15, 0.2) is 11.2 Å². The minimum atomic E-state index is -4.76. The zero-order valence-corrected chi connectivity index (χ0v) is 14.8. The molecule has 2 aromatic heterocycles. The van der Waals surface area contributed by atoms with Crippen molar-refractivity contribution >= 4 is 11.2 Å². The van der Waals surface area contributed by atoms with Gasteiger partial charge in [0.05, 0.1) is 31.9 Å². The van der Waals surface area contributed by atoms with E-state index >= 15 is 0 Å². The first-order valence-electron chi connectivity index (χ1n) is 8.91. The van der Waals surface area contributed by atoms with Crippen molar-refractivity contribution in [2.45, 2.75) is 25.7 Å². The third-order valence-electron chi connectivity index (χ3n) is 4.76. The van der Waals surface area contributed by atoms with E-state index in [4.69, 9.17) is 0 Å². The first-order chi connectivity index (χ1) is 13.4. The van der Waals surface area contributed by atoms with E-state index in [0.29, 0.717) is 12.2 Å². The van der Waals surface area contributed by atoms with Crippen LogP contribution < -0.4 is 15.2 Å². The van der Waals surface area contributed by atoms with E-state index in [0.717, 1.165) is 31.8 Å². The second kappa shape index (κ2) is 7.23. The molecule has 0 bridgehead atoms. The van der Waals surface area contributed by atoms with Gasteiger partial charge in [-0.25, -0.2) is 4.98 Å². The van der Waals surface area contributed by atoms with Gasteiger partial charge in [-0.2, -0.15) is 4.68 Å². The van der Waals surface area contributed by atoms with Crippen LogP contribution in [0.2, 0.25) is 0 Å². The number of benzene rings is 1. The summed E-state index contributed by atoms with van der Waals surface area (Å²) in [5.41, 5.74) is 0.504.